The maximum atomic E-state index is 3.46. The van der Waals surface area contributed by atoms with E-state index in [4.69, 9.17) is 0 Å². The monoisotopic (exact) mass is 367 g/mol. The van der Waals surface area contributed by atoms with Crippen molar-refractivity contribution in [3.63, 3.8) is 0 Å². The van der Waals surface area contributed by atoms with Gasteiger partial charge in [0.1, 0.15) is 0 Å². The third-order valence-electron chi connectivity index (χ3n) is 6.52. The van der Waals surface area contributed by atoms with E-state index in [0.717, 1.165) is 0 Å². The van der Waals surface area contributed by atoms with Crippen LogP contribution in [-0.4, -0.2) is 13.1 Å². The molecule has 0 aliphatic heterocycles. The third-order valence-corrected chi connectivity index (χ3v) is 10.5. The van der Waals surface area contributed by atoms with Gasteiger partial charge in [-0.05, 0) is 58.6 Å². The lowest BCUT2D eigenvalue weighted by Gasteiger charge is -2.31. The summed E-state index contributed by atoms with van der Waals surface area (Å²) in [5.74, 6) is 0. The molecule has 0 saturated carbocycles. The van der Waals surface area contributed by atoms with E-state index in [1.54, 1.807) is 5.19 Å². The highest BCUT2D eigenvalue weighted by molar-refractivity contribution is 6.93. The molecule has 5 rings (SSSR count). The Morgan fingerprint density at radius 3 is 2.56 bits per heavy atom. The zero-order valence-electron chi connectivity index (χ0n) is 16.4. The molecule has 2 heteroatoms. The molecule has 0 spiro atoms. The molecule has 134 valence electrons. The maximum Gasteiger partial charge on any atom is 0.0931 e. The van der Waals surface area contributed by atoms with Crippen LogP contribution in [0.4, 0.5) is 0 Å². The Morgan fingerprint density at radius 1 is 0.889 bits per heavy atom. The smallest absolute Gasteiger partial charge is 0.0931 e. The summed E-state index contributed by atoms with van der Waals surface area (Å²) in [5, 5.41) is 5.82. The van der Waals surface area contributed by atoms with E-state index in [0.29, 0.717) is 5.54 Å². The average molecular weight is 368 g/mol. The predicted octanol–water partition coefficient (Wildman–Crippen LogP) is 6.20. The fraction of sp³-hybridized carbons (Fsp3) is 0.200. The molecule has 1 atom stereocenters. The topological polar surface area (TPSA) is 15.8 Å². The minimum absolute atomic E-state index is 0.536. The van der Waals surface area contributed by atoms with Gasteiger partial charge in [-0.15, -0.1) is 0 Å². The van der Waals surface area contributed by atoms with Crippen LogP contribution in [0, 0.1) is 13.8 Å². The molecule has 1 heterocycles. The molecule has 4 aromatic rings. The van der Waals surface area contributed by atoms with E-state index in [9.17, 15) is 0 Å². The van der Waals surface area contributed by atoms with Gasteiger partial charge in [0.05, 0.1) is 8.07 Å². The first-order valence-corrected chi connectivity index (χ1v) is 12.8. The van der Waals surface area contributed by atoms with Crippen molar-refractivity contribution < 1.29 is 0 Å². The quantitative estimate of drug-likeness (QED) is 0.406. The summed E-state index contributed by atoms with van der Waals surface area (Å²) < 4.78 is 0. The van der Waals surface area contributed by atoms with Crippen LogP contribution < -0.4 is 5.19 Å². The van der Waals surface area contributed by atoms with Crippen LogP contribution in [0.5, 0.6) is 0 Å². The second-order valence-electron chi connectivity index (χ2n) is 8.48. The lowest BCUT2D eigenvalue weighted by Crippen LogP contribution is -2.47. The van der Waals surface area contributed by atoms with Crippen LogP contribution in [0.25, 0.3) is 27.8 Å². The van der Waals surface area contributed by atoms with E-state index in [1.165, 1.54) is 43.9 Å². The zero-order valence-corrected chi connectivity index (χ0v) is 17.4. The molecule has 0 fully saturated rings. The Bertz CT molecular complexity index is 1230. The van der Waals surface area contributed by atoms with Crippen molar-refractivity contribution in [1.29, 1.82) is 0 Å². The fourth-order valence-electron chi connectivity index (χ4n) is 5.25. The molecule has 1 aromatic heterocycles. The van der Waals surface area contributed by atoms with Gasteiger partial charge in [-0.3, -0.25) is 0 Å². The molecule has 1 aliphatic rings. The standard InChI is InChI=1S/C25H25NSi/c1-16-14-21-17(2)19-10-7-13-26-23(19)15-22(21)25(16)27(3,4)24-12-11-18-8-5-6-9-20(18)24/h5-15,24,26H,1-4H3. The van der Waals surface area contributed by atoms with Crippen LogP contribution >= 0.6 is 0 Å². The Kier molecular flexibility index (Phi) is 3.50. The van der Waals surface area contributed by atoms with Crippen molar-refractivity contribution in [3.8, 4) is 0 Å². The largest absolute Gasteiger partial charge is 0.361 e. The number of aromatic nitrogens is 1. The second-order valence-corrected chi connectivity index (χ2v) is 13.0. The molecular formula is C25H25NSi. The number of aromatic amines is 1. The SMILES string of the molecule is Cc1cc2c(C)c3ccc[nH]c3cc2c1[Si](C)(C)C1C=Cc2ccccc21. The number of benzene rings is 2. The molecule has 0 saturated heterocycles. The molecule has 1 N–H and O–H groups in total. The Labute approximate surface area is 161 Å². The Morgan fingerprint density at radius 2 is 1.70 bits per heavy atom. The highest BCUT2D eigenvalue weighted by Crippen LogP contribution is 2.39. The van der Waals surface area contributed by atoms with Crippen molar-refractivity contribution in [2.75, 3.05) is 0 Å². The van der Waals surface area contributed by atoms with Gasteiger partial charge in [-0.25, -0.2) is 0 Å². The number of pyridine rings is 1. The minimum Gasteiger partial charge on any atom is -0.361 e. The highest BCUT2D eigenvalue weighted by Gasteiger charge is 2.38. The molecule has 1 nitrogen and oxygen atoms in total. The lowest BCUT2D eigenvalue weighted by atomic mass is 10.0. The number of H-pyrrole nitrogens is 1. The van der Waals surface area contributed by atoms with Crippen molar-refractivity contribution >= 4 is 41.0 Å². The molecule has 27 heavy (non-hydrogen) atoms. The van der Waals surface area contributed by atoms with E-state index >= 15 is 0 Å². The summed E-state index contributed by atoms with van der Waals surface area (Å²) in [6.07, 6.45) is 6.81. The van der Waals surface area contributed by atoms with Gasteiger partial charge in [0.2, 0.25) is 0 Å². The summed E-state index contributed by atoms with van der Waals surface area (Å²) in [6, 6.07) is 18.0. The van der Waals surface area contributed by atoms with Crippen molar-refractivity contribution in [2.24, 2.45) is 0 Å². The number of nitrogens with one attached hydrogen (secondary N) is 1. The van der Waals surface area contributed by atoms with Crippen LogP contribution in [0.1, 0.15) is 27.8 Å². The van der Waals surface area contributed by atoms with Crippen LogP contribution in [0.2, 0.25) is 13.1 Å². The van der Waals surface area contributed by atoms with Gasteiger partial charge in [0.15, 0.2) is 0 Å². The fourth-order valence-corrected chi connectivity index (χ4v) is 9.17. The van der Waals surface area contributed by atoms with E-state index in [1.807, 2.05) is 6.20 Å². The first-order chi connectivity index (χ1) is 13.0. The summed E-state index contributed by atoms with van der Waals surface area (Å²) in [5.41, 5.74) is 7.52. The zero-order chi connectivity index (χ0) is 18.8. The number of allylic oxidation sites excluding steroid dienone is 1. The van der Waals surface area contributed by atoms with E-state index < -0.39 is 8.07 Å². The lowest BCUT2D eigenvalue weighted by molar-refractivity contribution is 1.17. The van der Waals surface area contributed by atoms with Crippen LogP contribution in [0.3, 0.4) is 0 Å². The first-order valence-electron chi connectivity index (χ1n) is 9.76. The number of fused-ring (bicyclic) bond motifs is 3. The molecule has 3 aromatic carbocycles. The number of hydrogen-bond acceptors (Lipinski definition) is 0. The predicted molar refractivity (Wildman–Crippen MR) is 121 cm³/mol. The van der Waals surface area contributed by atoms with Gasteiger partial charge >= 0.3 is 0 Å². The van der Waals surface area contributed by atoms with Gasteiger partial charge in [0.25, 0.3) is 0 Å². The Hall–Kier alpha value is -2.58. The number of rotatable bonds is 2. The van der Waals surface area contributed by atoms with Crippen molar-refractivity contribution in [3.05, 3.63) is 83.1 Å². The van der Waals surface area contributed by atoms with Gasteiger partial charge in [0, 0.05) is 22.6 Å². The number of aryl methyl sites for hydroxylation is 2. The van der Waals surface area contributed by atoms with Gasteiger partial charge in [-0.1, -0.05) is 67.2 Å². The first kappa shape index (κ1) is 16.6. The molecular weight excluding hydrogens is 342 g/mol. The van der Waals surface area contributed by atoms with E-state index in [2.05, 4.69) is 92.6 Å². The molecule has 1 unspecified atom stereocenters. The molecule has 0 amide bonds. The average Bonchev–Trinajstić information content (AvgIpc) is 3.23. The molecule has 1 aliphatic carbocycles. The van der Waals surface area contributed by atoms with Crippen LogP contribution in [0.15, 0.2) is 60.8 Å². The van der Waals surface area contributed by atoms with E-state index in [-0.39, 0.29) is 0 Å². The summed E-state index contributed by atoms with van der Waals surface area (Å²) >= 11 is 0. The minimum atomic E-state index is -1.77. The van der Waals surface area contributed by atoms with Gasteiger partial charge < -0.3 is 4.98 Å². The van der Waals surface area contributed by atoms with Crippen molar-refractivity contribution in [2.45, 2.75) is 32.5 Å². The Balaban J connectivity index is 1.78. The van der Waals surface area contributed by atoms with Crippen LogP contribution in [-0.2, 0) is 0 Å². The summed E-state index contributed by atoms with van der Waals surface area (Å²) in [6.45, 7) is 9.66. The normalized spacial score (nSPS) is 16.4. The number of hydrogen-bond donors (Lipinski definition) is 1. The second kappa shape index (κ2) is 5.70. The molecule has 0 bridgehead atoms. The summed E-state index contributed by atoms with van der Waals surface area (Å²) in [7, 11) is -1.77. The van der Waals surface area contributed by atoms with Crippen molar-refractivity contribution in [1.82, 2.24) is 4.98 Å². The summed E-state index contributed by atoms with van der Waals surface area (Å²) in [4.78, 5) is 3.46. The highest BCUT2D eigenvalue weighted by atomic mass is 28.3. The third kappa shape index (κ3) is 2.29. The maximum absolute atomic E-state index is 3.46. The van der Waals surface area contributed by atoms with Gasteiger partial charge in [-0.2, -0.15) is 0 Å². The molecule has 0 radical (unpaired) electrons.